The number of aliphatic carboxylic acids is 1. The Morgan fingerprint density at radius 2 is 2.00 bits per heavy atom. The summed E-state index contributed by atoms with van der Waals surface area (Å²) in [6.45, 7) is 3.31. The second kappa shape index (κ2) is 8.61. The number of carbonyl (C=O) groups is 3. The average molecular weight is 377 g/mol. The first-order valence-electron chi connectivity index (χ1n) is 8.74. The molecule has 0 aliphatic carbocycles. The smallest absolute Gasteiger partial charge is 0.323 e. The summed E-state index contributed by atoms with van der Waals surface area (Å²) in [5, 5.41) is 20.3. The van der Waals surface area contributed by atoms with E-state index >= 15 is 0 Å². The van der Waals surface area contributed by atoms with E-state index in [-0.39, 0.29) is 29.7 Å². The Labute approximate surface area is 156 Å². The molecule has 1 aliphatic heterocycles. The van der Waals surface area contributed by atoms with Gasteiger partial charge in [0.25, 0.3) is 11.6 Å². The number of carboxylic acids is 1. The number of likely N-dealkylation sites (tertiary alicyclic amines) is 1. The Balaban J connectivity index is 2.19. The van der Waals surface area contributed by atoms with Crippen molar-refractivity contribution >= 4 is 23.5 Å². The zero-order valence-electron chi connectivity index (χ0n) is 15.4. The summed E-state index contributed by atoms with van der Waals surface area (Å²) in [4.78, 5) is 49.3. The van der Waals surface area contributed by atoms with E-state index in [1.54, 1.807) is 24.0 Å². The second-order valence-corrected chi connectivity index (χ2v) is 6.64. The lowest BCUT2D eigenvalue weighted by Crippen LogP contribution is -2.43. The van der Waals surface area contributed by atoms with Crippen LogP contribution in [0.2, 0.25) is 0 Å². The number of nitro groups is 1. The standard InChI is InChI=1S/C18H23N3O6/c1-12-5-3-7-15(21(26)27)17(12)18(25)19-9-4-6-14(8-10-19)20(13(2)22)11-16(23)24/h3,5,7,14H,4,6,8-11H2,1-2H3,(H,23,24). The number of hydrogen-bond donors (Lipinski definition) is 1. The van der Waals surface area contributed by atoms with E-state index in [9.17, 15) is 24.5 Å². The third kappa shape index (κ3) is 4.81. The molecule has 2 rings (SSSR count). The lowest BCUT2D eigenvalue weighted by molar-refractivity contribution is -0.385. The Hall–Kier alpha value is -2.97. The summed E-state index contributed by atoms with van der Waals surface area (Å²) in [5.74, 6) is -1.82. The van der Waals surface area contributed by atoms with Crippen LogP contribution in [0, 0.1) is 17.0 Å². The van der Waals surface area contributed by atoms with Gasteiger partial charge in [-0.1, -0.05) is 12.1 Å². The summed E-state index contributed by atoms with van der Waals surface area (Å²) >= 11 is 0. The molecule has 0 saturated carbocycles. The van der Waals surface area contributed by atoms with Crippen LogP contribution in [0.5, 0.6) is 0 Å². The Morgan fingerprint density at radius 3 is 2.59 bits per heavy atom. The number of carbonyl (C=O) groups excluding carboxylic acids is 2. The van der Waals surface area contributed by atoms with Gasteiger partial charge in [0.15, 0.2) is 0 Å². The molecule has 1 fully saturated rings. The van der Waals surface area contributed by atoms with Crippen LogP contribution >= 0.6 is 0 Å². The molecule has 1 saturated heterocycles. The highest BCUT2D eigenvalue weighted by Crippen LogP contribution is 2.25. The number of rotatable bonds is 5. The first kappa shape index (κ1) is 20.3. The molecule has 0 aromatic heterocycles. The minimum Gasteiger partial charge on any atom is -0.480 e. The number of amides is 2. The van der Waals surface area contributed by atoms with E-state index in [0.29, 0.717) is 37.9 Å². The minimum atomic E-state index is -1.09. The summed E-state index contributed by atoms with van der Waals surface area (Å²) in [5.41, 5.74) is 0.387. The maximum Gasteiger partial charge on any atom is 0.323 e. The van der Waals surface area contributed by atoms with Crippen molar-refractivity contribution in [3.63, 3.8) is 0 Å². The maximum atomic E-state index is 12.9. The number of nitrogens with zero attached hydrogens (tertiary/aromatic N) is 3. The molecule has 1 aliphatic rings. The molecule has 1 aromatic rings. The van der Waals surface area contributed by atoms with Crippen molar-refractivity contribution in [1.82, 2.24) is 9.80 Å². The fraction of sp³-hybridized carbons (Fsp3) is 0.500. The van der Waals surface area contributed by atoms with Crippen LogP contribution in [0.25, 0.3) is 0 Å². The Kier molecular flexibility index (Phi) is 6.49. The van der Waals surface area contributed by atoms with E-state index in [1.807, 2.05) is 0 Å². The van der Waals surface area contributed by atoms with Gasteiger partial charge >= 0.3 is 5.97 Å². The van der Waals surface area contributed by atoms with Crippen LogP contribution in [0.1, 0.15) is 42.1 Å². The van der Waals surface area contributed by atoms with Gasteiger partial charge in [-0.2, -0.15) is 0 Å². The number of hydrogen-bond acceptors (Lipinski definition) is 5. The van der Waals surface area contributed by atoms with Gasteiger partial charge in [-0.15, -0.1) is 0 Å². The molecule has 1 N–H and O–H groups in total. The lowest BCUT2D eigenvalue weighted by atomic mass is 10.0. The van der Waals surface area contributed by atoms with Crippen LogP contribution in [0.15, 0.2) is 18.2 Å². The monoisotopic (exact) mass is 377 g/mol. The molecule has 9 nitrogen and oxygen atoms in total. The van der Waals surface area contributed by atoms with Gasteiger partial charge in [0.2, 0.25) is 5.91 Å². The van der Waals surface area contributed by atoms with E-state index in [1.165, 1.54) is 17.9 Å². The van der Waals surface area contributed by atoms with Crippen molar-refractivity contribution in [2.45, 2.75) is 39.2 Å². The summed E-state index contributed by atoms with van der Waals surface area (Å²) in [7, 11) is 0. The molecular formula is C18H23N3O6. The molecule has 1 aromatic carbocycles. The second-order valence-electron chi connectivity index (χ2n) is 6.64. The minimum absolute atomic E-state index is 0.0786. The van der Waals surface area contributed by atoms with Crippen molar-refractivity contribution in [2.75, 3.05) is 19.6 Å². The number of aryl methyl sites for hydroxylation is 1. The first-order chi connectivity index (χ1) is 12.7. The third-order valence-corrected chi connectivity index (χ3v) is 4.80. The summed E-state index contributed by atoms with van der Waals surface area (Å²) in [6.07, 6.45) is 1.59. The number of nitro benzene ring substituents is 1. The number of carboxylic acid groups (broad SMARTS) is 1. The molecular weight excluding hydrogens is 354 g/mol. The maximum absolute atomic E-state index is 12.9. The summed E-state index contributed by atoms with van der Waals surface area (Å²) in [6, 6.07) is 4.23. The van der Waals surface area contributed by atoms with E-state index < -0.39 is 16.8 Å². The van der Waals surface area contributed by atoms with Gasteiger partial charge in [-0.3, -0.25) is 24.5 Å². The normalized spacial score (nSPS) is 17.1. The summed E-state index contributed by atoms with van der Waals surface area (Å²) < 4.78 is 0. The molecule has 0 spiro atoms. The highest BCUT2D eigenvalue weighted by molar-refractivity contribution is 5.99. The fourth-order valence-corrected chi connectivity index (χ4v) is 3.48. The van der Waals surface area contributed by atoms with E-state index in [2.05, 4.69) is 0 Å². The molecule has 1 atom stereocenters. The van der Waals surface area contributed by atoms with Crippen molar-refractivity contribution in [1.29, 1.82) is 0 Å². The van der Waals surface area contributed by atoms with Crippen LogP contribution in [-0.4, -0.2) is 63.3 Å². The Morgan fingerprint density at radius 1 is 1.30 bits per heavy atom. The van der Waals surface area contributed by atoms with Gasteiger partial charge in [-0.25, -0.2) is 0 Å². The van der Waals surface area contributed by atoms with Crippen LogP contribution in [0.4, 0.5) is 5.69 Å². The van der Waals surface area contributed by atoms with Gasteiger partial charge in [-0.05, 0) is 31.7 Å². The highest BCUT2D eigenvalue weighted by Gasteiger charge is 2.31. The molecule has 146 valence electrons. The zero-order valence-corrected chi connectivity index (χ0v) is 15.4. The molecule has 1 unspecified atom stereocenters. The molecule has 1 heterocycles. The molecule has 9 heteroatoms. The average Bonchev–Trinajstić information content (AvgIpc) is 2.84. The van der Waals surface area contributed by atoms with Crippen molar-refractivity contribution in [3.05, 3.63) is 39.4 Å². The van der Waals surface area contributed by atoms with Gasteiger partial charge in [0.05, 0.1) is 4.92 Å². The van der Waals surface area contributed by atoms with Gasteiger partial charge < -0.3 is 14.9 Å². The molecule has 27 heavy (non-hydrogen) atoms. The molecule has 2 amide bonds. The van der Waals surface area contributed by atoms with Gasteiger partial charge in [0.1, 0.15) is 12.1 Å². The SMILES string of the molecule is CC(=O)N(CC(=O)O)C1CCCN(C(=O)c2c(C)cccc2[N+](=O)[O-])CC1. The van der Waals surface area contributed by atoms with Crippen molar-refractivity contribution in [3.8, 4) is 0 Å². The molecule has 0 radical (unpaired) electrons. The van der Waals surface area contributed by atoms with Gasteiger partial charge in [0, 0.05) is 32.1 Å². The van der Waals surface area contributed by atoms with E-state index in [0.717, 1.165) is 0 Å². The largest absolute Gasteiger partial charge is 0.480 e. The third-order valence-electron chi connectivity index (χ3n) is 4.80. The first-order valence-corrected chi connectivity index (χ1v) is 8.74. The number of benzene rings is 1. The molecule has 0 bridgehead atoms. The van der Waals surface area contributed by atoms with Crippen molar-refractivity contribution in [2.24, 2.45) is 0 Å². The van der Waals surface area contributed by atoms with Crippen LogP contribution < -0.4 is 0 Å². The zero-order chi connectivity index (χ0) is 20.1. The van der Waals surface area contributed by atoms with Crippen LogP contribution in [-0.2, 0) is 9.59 Å². The van der Waals surface area contributed by atoms with Crippen molar-refractivity contribution < 1.29 is 24.4 Å². The predicted molar refractivity (Wildman–Crippen MR) is 96.4 cm³/mol. The quantitative estimate of drug-likeness (QED) is 0.617. The van der Waals surface area contributed by atoms with E-state index in [4.69, 9.17) is 5.11 Å². The topological polar surface area (TPSA) is 121 Å². The fourth-order valence-electron chi connectivity index (χ4n) is 3.48. The Bertz CT molecular complexity index is 763. The highest BCUT2D eigenvalue weighted by atomic mass is 16.6. The predicted octanol–water partition coefficient (Wildman–Crippen LogP) is 1.83. The lowest BCUT2D eigenvalue weighted by Gasteiger charge is -2.29. The van der Waals surface area contributed by atoms with Crippen LogP contribution in [0.3, 0.4) is 0 Å².